The highest BCUT2D eigenvalue weighted by Gasteiger charge is 2.43. The number of aromatic nitrogens is 3. The molecule has 7 heteroatoms. The predicted molar refractivity (Wildman–Crippen MR) is 79.4 cm³/mol. The van der Waals surface area contributed by atoms with Gasteiger partial charge in [-0.3, -0.25) is 0 Å². The van der Waals surface area contributed by atoms with Gasteiger partial charge in [0.1, 0.15) is 18.3 Å². The van der Waals surface area contributed by atoms with Crippen LogP contribution in [-0.2, 0) is 16.9 Å². The molecule has 0 saturated carbocycles. The standard InChI is InChI=1S/C14H15Cl2N3O2/c15-10-1-2-12(13(16)5-10)14(4-3-11(6-20)21-14)7-19-9-17-8-18-19/h1-2,5,8-9,11,20H,3-4,6-7H2. The van der Waals surface area contributed by atoms with Crippen molar-refractivity contribution >= 4 is 23.2 Å². The van der Waals surface area contributed by atoms with Crippen LogP contribution in [-0.4, -0.2) is 32.6 Å². The summed E-state index contributed by atoms with van der Waals surface area (Å²) in [5.41, 5.74) is 0.239. The molecule has 2 unspecified atom stereocenters. The fraction of sp³-hybridized carbons (Fsp3) is 0.429. The number of ether oxygens (including phenoxy) is 1. The summed E-state index contributed by atoms with van der Waals surface area (Å²) >= 11 is 12.3. The van der Waals surface area contributed by atoms with Crippen molar-refractivity contribution < 1.29 is 9.84 Å². The van der Waals surface area contributed by atoms with Crippen LogP contribution in [0.2, 0.25) is 10.0 Å². The topological polar surface area (TPSA) is 60.2 Å². The Morgan fingerprint density at radius 2 is 2.29 bits per heavy atom. The van der Waals surface area contributed by atoms with Crippen LogP contribution < -0.4 is 0 Å². The molecular weight excluding hydrogens is 313 g/mol. The van der Waals surface area contributed by atoms with Crippen LogP contribution in [0.3, 0.4) is 0 Å². The summed E-state index contributed by atoms with van der Waals surface area (Å²) in [7, 11) is 0. The Bertz CT molecular complexity index is 621. The molecule has 0 aliphatic carbocycles. The Hall–Kier alpha value is -1.14. The zero-order chi connectivity index (χ0) is 14.9. The van der Waals surface area contributed by atoms with E-state index in [0.717, 1.165) is 18.4 Å². The summed E-state index contributed by atoms with van der Waals surface area (Å²) in [5, 5.41) is 14.6. The summed E-state index contributed by atoms with van der Waals surface area (Å²) in [6, 6.07) is 5.38. The molecule has 1 aromatic heterocycles. The van der Waals surface area contributed by atoms with E-state index >= 15 is 0 Å². The SMILES string of the molecule is OCC1CCC(Cn2cncn2)(c2ccc(Cl)cc2Cl)O1. The smallest absolute Gasteiger partial charge is 0.137 e. The minimum atomic E-state index is -0.622. The normalized spacial score (nSPS) is 25.4. The highest BCUT2D eigenvalue weighted by Crippen LogP contribution is 2.43. The molecule has 1 N–H and O–H groups in total. The van der Waals surface area contributed by atoms with Gasteiger partial charge < -0.3 is 9.84 Å². The van der Waals surface area contributed by atoms with E-state index in [4.69, 9.17) is 27.9 Å². The molecule has 0 spiro atoms. The monoisotopic (exact) mass is 327 g/mol. The van der Waals surface area contributed by atoms with Crippen LogP contribution in [0.4, 0.5) is 0 Å². The quantitative estimate of drug-likeness (QED) is 0.937. The lowest BCUT2D eigenvalue weighted by Gasteiger charge is -2.30. The zero-order valence-corrected chi connectivity index (χ0v) is 12.8. The van der Waals surface area contributed by atoms with Gasteiger partial charge in [0.25, 0.3) is 0 Å². The molecule has 1 aliphatic heterocycles. The van der Waals surface area contributed by atoms with Gasteiger partial charge in [-0.05, 0) is 25.0 Å². The van der Waals surface area contributed by atoms with Crippen LogP contribution in [0, 0.1) is 0 Å². The number of rotatable bonds is 4. The molecule has 0 radical (unpaired) electrons. The number of benzene rings is 1. The van der Waals surface area contributed by atoms with E-state index < -0.39 is 5.60 Å². The number of hydrogen-bond donors (Lipinski definition) is 1. The van der Waals surface area contributed by atoms with Crippen molar-refractivity contribution in [2.24, 2.45) is 0 Å². The van der Waals surface area contributed by atoms with E-state index in [2.05, 4.69) is 10.1 Å². The van der Waals surface area contributed by atoms with Crippen molar-refractivity contribution in [2.45, 2.75) is 31.1 Å². The van der Waals surface area contributed by atoms with Gasteiger partial charge in [0, 0.05) is 15.6 Å². The third-order valence-electron chi connectivity index (χ3n) is 3.77. The summed E-state index contributed by atoms with van der Waals surface area (Å²) in [6.45, 7) is 0.481. The summed E-state index contributed by atoms with van der Waals surface area (Å²) in [4.78, 5) is 3.96. The van der Waals surface area contributed by atoms with Crippen molar-refractivity contribution in [1.29, 1.82) is 0 Å². The van der Waals surface area contributed by atoms with Crippen molar-refractivity contribution in [3.05, 3.63) is 46.5 Å². The first-order valence-corrected chi connectivity index (χ1v) is 7.45. The average Bonchev–Trinajstić information content (AvgIpc) is 3.09. The lowest BCUT2D eigenvalue weighted by atomic mass is 9.90. The van der Waals surface area contributed by atoms with E-state index in [9.17, 15) is 5.11 Å². The van der Waals surface area contributed by atoms with Crippen LogP contribution in [0.15, 0.2) is 30.9 Å². The molecule has 21 heavy (non-hydrogen) atoms. The number of hydrogen-bond acceptors (Lipinski definition) is 4. The second-order valence-corrected chi connectivity index (χ2v) is 6.02. The van der Waals surface area contributed by atoms with Crippen LogP contribution in [0.25, 0.3) is 0 Å². The van der Waals surface area contributed by atoms with Gasteiger partial charge in [0.15, 0.2) is 0 Å². The van der Waals surface area contributed by atoms with Crippen molar-refractivity contribution in [3.8, 4) is 0 Å². The number of aliphatic hydroxyl groups is 1. The molecule has 3 rings (SSSR count). The molecule has 1 aromatic carbocycles. The molecule has 0 bridgehead atoms. The lowest BCUT2D eigenvalue weighted by molar-refractivity contribution is -0.0747. The van der Waals surface area contributed by atoms with Gasteiger partial charge >= 0.3 is 0 Å². The predicted octanol–water partition coefficient (Wildman–Crippen LogP) is 2.65. The molecule has 5 nitrogen and oxygen atoms in total. The maximum absolute atomic E-state index is 9.37. The summed E-state index contributed by atoms with van der Waals surface area (Å²) in [5.74, 6) is 0. The number of nitrogens with zero attached hydrogens (tertiary/aromatic N) is 3. The summed E-state index contributed by atoms with van der Waals surface area (Å²) in [6.07, 6.45) is 4.45. The Kier molecular flexibility index (Phi) is 4.17. The first-order valence-electron chi connectivity index (χ1n) is 6.69. The maximum atomic E-state index is 9.37. The van der Waals surface area contributed by atoms with E-state index in [1.807, 2.05) is 6.07 Å². The molecular formula is C14H15Cl2N3O2. The van der Waals surface area contributed by atoms with Crippen LogP contribution >= 0.6 is 23.2 Å². The van der Waals surface area contributed by atoms with E-state index in [-0.39, 0.29) is 12.7 Å². The van der Waals surface area contributed by atoms with E-state index in [1.54, 1.807) is 23.1 Å². The number of halogens is 2. The van der Waals surface area contributed by atoms with Gasteiger partial charge in [-0.15, -0.1) is 0 Å². The van der Waals surface area contributed by atoms with Crippen molar-refractivity contribution in [3.63, 3.8) is 0 Å². The largest absolute Gasteiger partial charge is 0.394 e. The van der Waals surface area contributed by atoms with Gasteiger partial charge in [-0.25, -0.2) is 9.67 Å². The fourth-order valence-electron chi connectivity index (χ4n) is 2.79. The maximum Gasteiger partial charge on any atom is 0.137 e. The molecule has 112 valence electrons. The fourth-order valence-corrected chi connectivity index (χ4v) is 3.37. The first kappa shape index (κ1) is 14.8. The first-order chi connectivity index (χ1) is 10.1. The Labute approximate surface area is 132 Å². The number of aliphatic hydroxyl groups excluding tert-OH is 1. The van der Waals surface area contributed by atoms with Crippen LogP contribution in [0.5, 0.6) is 0 Å². The Morgan fingerprint density at radius 3 is 2.90 bits per heavy atom. The third kappa shape index (κ3) is 2.92. The molecule has 2 aromatic rings. The Morgan fingerprint density at radius 1 is 1.43 bits per heavy atom. The molecule has 0 amide bonds. The minimum Gasteiger partial charge on any atom is -0.394 e. The zero-order valence-electron chi connectivity index (χ0n) is 11.2. The van der Waals surface area contributed by atoms with Gasteiger partial charge in [0.2, 0.25) is 0 Å². The highest BCUT2D eigenvalue weighted by molar-refractivity contribution is 6.35. The molecule has 1 fully saturated rings. The summed E-state index contributed by atoms with van der Waals surface area (Å²) < 4.78 is 7.83. The van der Waals surface area contributed by atoms with Gasteiger partial charge in [-0.2, -0.15) is 5.10 Å². The molecule has 2 atom stereocenters. The van der Waals surface area contributed by atoms with E-state index in [1.165, 1.54) is 6.33 Å². The lowest BCUT2D eigenvalue weighted by Crippen LogP contribution is -2.33. The third-order valence-corrected chi connectivity index (χ3v) is 4.32. The van der Waals surface area contributed by atoms with Crippen molar-refractivity contribution in [2.75, 3.05) is 6.61 Å². The van der Waals surface area contributed by atoms with Crippen molar-refractivity contribution in [1.82, 2.24) is 14.8 Å². The molecule has 2 heterocycles. The average molecular weight is 328 g/mol. The molecule has 1 saturated heterocycles. The Balaban J connectivity index is 1.99. The van der Waals surface area contributed by atoms with Gasteiger partial charge in [-0.1, -0.05) is 29.3 Å². The van der Waals surface area contributed by atoms with Gasteiger partial charge in [0.05, 0.1) is 19.3 Å². The van der Waals surface area contributed by atoms with Crippen LogP contribution in [0.1, 0.15) is 18.4 Å². The second-order valence-electron chi connectivity index (χ2n) is 5.17. The second kappa shape index (κ2) is 5.93. The highest BCUT2D eigenvalue weighted by atomic mass is 35.5. The molecule has 1 aliphatic rings. The minimum absolute atomic E-state index is 0.00961. The van der Waals surface area contributed by atoms with E-state index in [0.29, 0.717) is 16.6 Å².